The molecule has 1 aromatic carbocycles. The summed E-state index contributed by atoms with van der Waals surface area (Å²) in [7, 11) is 7.34. The zero-order valence-corrected chi connectivity index (χ0v) is 21.2. The Labute approximate surface area is 199 Å². The summed E-state index contributed by atoms with van der Waals surface area (Å²) >= 11 is 0. The van der Waals surface area contributed by atoms with E-state index in [9.17, 15) is 0 Å². The van der Waals surface area contributed by atoms with Crippen molar-refractivity contribution in [2.75, 3.05) is 54.6 Å². The van der Waals surface area contributed by atoms with E-state index in [0.29, 0.717) is 12.6 Å². The SMILES string of the molecule is CN=C(NCCN(C)CCCOC)NCc1ccc(OC)cc1OC1CCCC1.I. The minimum absolute atomic E-state index is 0. The molecule has 1 saturated carbocycles. The number of guanidine groups is 1. The van der Waals surface area contributed by atoms with Gasteiger partial charge in [-0.15, -0.1) is 24.0 Å². The minimum Gasteiger partial charge on any atom is -0.497 e. The number of nitrogens with one attached hydrogen (secondary N) is 2. The molecule has 2 N–H and O–H groups in total. The van der Waals surface area contributed by atoms with Crippen LogP contribution in [0, 0.1) is 0 Å². The molecular weight excluding hydrogens is 495 g/mol. The summed E-state index contributed by atoms with van der Waals surface area (Å²) in [6, 6.07) is 6.02. The molecule has 0 atom stereocenters. The Bertz CT molecular complexity index is 624. The summed E-state index contributed by atoms with van der Waals surface area (Å²) in [6.45, 7) is 4.25. The van der Waals surface area contributed by atoms with E-state index in [-0.39, 0.29) is 24.0 Å². The molecule has 0 heterocycles. The first-order chi connectivity index (χ1) is 14.2. The fourth-order valence-corrected chi connectivity index (χ4v) is 3.46. The lowest BCUT2D eigenvalue weighted by molar-refractivity contribution is 0.180. The van der Waals surface area contributed by atoms with E-state index >= 15 is 0 Å². The number of halogens is 1. The van der Waals surface area contributed by atoms with Crippen LogP contribution in [0.15, 0.2) is 23.2 Å². The standard InChI is InChI=1S/C22H38N4O3.HI/c1-23-22(24-12-14-26(2)13-7-15-27-3)25-17-18-10-11-20(28-4)16-21(18)29-19-8-5-6-9-19;/h10-11,16,19H,5-9,12-15,17H2,1-4H3,(H2,23,24,25);1H. The third-order valence-electron chi connectivity index (χ3n) is 5.21. The second-order valence-electron chi connectivity index (χ2n) is 7.50. The van der Waals surface area contributed by atoms with Crippen LogP contribution in [0.25, 0.3) is 0 Å². The molecule has 2 rings (SSSR count). The Kier molecular flexibility index (Phi) is 13.9. The van der Waals surface area contributed by atoms with Crippen molar-refractivity contribution in [2.24, 2.45) is 4.99 Å². The van der Waals surface area contributed by atoms with Gasteiger partial charge >= 0.3 is 0 Å². The summed E-state index contributed by atoms with van der Waals surface area (Å²) in [4.78, 5) is 6.62. The topological polar surface area (TPSA) is 67.4 Å². The molecule has 172 valence electrons. The average molecular weight is 534 g/mol. The highest BCUT2D eigenvalue weighted by Crippen LogP contribution is 2.29. The van der Waals surface area contributed by atoms with Crippen molar-refractivity contribution in [3.8, 4) is 11.5 Å². The van der Waals surface area contributed by atoms with E-state index in [1.807, 2.05) is 12.1 Å². The summed E-state index contributed by atoms with van der Waals surface area (Å²) in [5.41, 5.74) is 1.11. The van der Waals surface area contributed by atoms with E-state index in [1.165, 1.54) is 12.8 Å². The molecule has 1 aromatic rings. The van der Waals surface area contributed by atoms with Gasteiger partial charge in [0.2, 0.25) is 0 Å². The number of benzene rings is 1. The van der Waals surface area contributed by atoms with Gasteiger partial charge in [-0.3, -0.25) is 4.99 Å². The summed E-state index contributed by atoms with van der Waals surface area (Å²) in [5.74, 6) is 2.51. The highest BCUT2D eigenvalue weighted by Gasteiger charge is 2.18. The van der Waals surface area contributed by atoms with E-state index in [0.717, 1.165) is 68.5 Å². The van der Waals surface area contributed by atoms with E-state index in [2.05, 4.69) is 33.6 Å². The minimum atomic E-state index is 0. The maximum atomic E-state index is 6.28. The highest BCUT2D eigenvalue weighted by molar-refractivity contribution is 14.0. The lowest BCUT2D eigenvalue weighted by Crippen LogP contribution is -2.40. The van der Waals surface area contributed by atoms with Gasteiger partial charge in [0.25, 0.3) is 0 Å². The van der Waals surface area contributed by atoms with Crippen LogP contribution in [0.3, 0.4) is 0 Å². The van der Waals surface area contributed by atoms with E-state index in [1.54, 1.807) is 21.3 Å². The average Bonchev–Trinajstić information content (AvgIpc) is 3.24. The normalized spacial score (nSPS) is 14.5. The molecule has 0 bridgehead atoms. The third kappa shape index (κ3) is 9.70. The predicted molar refractivity (Wildman–Crippen MR) is 133 cm³/mol. The molecule has 0 radical (unpaired) electrons. The van der Waals surface area contributed by atoms with Gasteiger partial charge in [0.1, 0.15) is 11.5 Å². The fraction of sp³-hybridized carbons (Fsp3) is 0.682. The van der Waals surface area contributed by atoms with Crippen LogP contribution in [-0.2, 0) is 11.3 Å². The van der Waals surface area contributed by atoms with Gasteiger partial charge in [0.15, 0.2) is 5.96 Å². The molecule has 0 saturated heterocycles. The van der Waals surface area contributed by atoms with Crippen LogP contribution in [-0.4, -0.2) is 71.5 Å². The number of aliphatic imine (C=N–C) groups is 1. The molecule has 1 fully saturated rings. The second-order valence-corrected chi connectivity index (χ2v) is 7.50. The van der Waals surface area contributed by atoms with Crippen molar-refractivity contribution in [2.45, 2.75) is 44.8 Å². The predicted octanol–water partition coefficient (Wildman–Crippen LogP) is 3.27. The molecule has 0 aromatic heterocycles. The molecule has 1 aliphatic rings. The van der Waals surface area contributed by atoms with Gasteiger partial charge in [-0.05, 0) is 51.3 Å². The van der Waals surface area contributed by atoms with Crippen LogP contribution >= 0.6 is 24.0 Å². The lowest BCUT2D eigenvalue weighted by Gasteiger charge is -2.20. The zero-order valence-electron chi connectivity index (χ0n) is 18.9. The van der Waals surface area contributed by atoms with Crippen LogP contribution < -0.4 is 20.1 Å². The smallest absolute Gasteiger partial charge is 0.191 e. The van der Waals surface area contributed by atoms with Gasteiger partial charge in [-0.25, -0.2) is 0 Å². The monoisotopic (exact) mass is 534 g/mol. The molecule has 1 aliphatic carbocycles. The first-order valence-electron chi connectivity index (χ1n) is 10.6. The number of ether oxygens (including phenoxy) is 3. The Morgan fingerprint density at radius 3 is 2.60 bits per heavy atom. The van der Waals surface area contributed by atoms with Gasteiger partial charge in [-0.1, -0.05) is 0 Å². The maximum Gasteiger partial charge on any atom is 0.191 e. The first-order valence-corrected chi connectivity index (χ1v) is 10.6. The lowest BCUT2D eigenvalue weighted by atomic mass is 10.2. The summed E-state index contributed by atoms with van der Waals surface area (Å²) in [5, 5.41) is 6.77. The van der Waals surface area contributed by atoms with Crippen molar-refractivity contribution in [1.82, 2.24) is 15.5 Å². The number of nitrogens with zero attached hydrogens (tertiary/aromatic N) is 2. The Morgan fingerprint density at radius 1 is 1.17 bits per heavy atom. The summed E-state index contributed by atoms with van der Waals surface area (Å²) in [6.07, 6.45) is 6.11. The second kappa shape index (κ2) is 15.5. The van der Waals surface area contributed by atoms with Gasteiger partial charge in [0, 0.05) is 58.6 Å². The number of rotatable bonds is 12. The number of hydrogen-bond acceptors (Lipinski definition) is 5. The molecule has 0 aliphatic heterocycles. The molecule has 0 amide bonds. The number of methoxy groups -OCH3 is 2. The van der Waals surface area contributed by atoms with Gasteiger partial charge in [-0.2, -0.15) is 0 Å². The quantitative estimate of drug-likeness (QED) is 0.186. The van der Waals surface area contributed by atoms with Crippen LogP contribution in [0.5, 0.6) is 11.5 Å². The number of hydrogen-bond donors (Lipinski definition) is 2. The zero-order chi connectivity index (χ0) is 20.9. The fourth-order valence-electron chi connectivity index (χ4n) is 3.46. The Balaban J connectivity index is 0.00000450. The molecular formula is C22H39IN4O3. The van der Waals surface area contributed by atoms with Gasteiger partial charge in [0.05, 0.1) is 13.2 Å². The highest BCUT2D eigenvalue weighted by atomic mass is 127. The Hall–Kier alpha value is -1.26. The van der Waals surface area contributed by atoms with E-state index in [4.69, 9.17) is 14.2 Å². The Morgan fingerprint density at radius 2 is 1.93 bits per heavy atom. The van der Waals surface area contributed by atoms with Crippen molar-refractivity contribution in [3.63, 3.8) is 0 Å². The molecule has 8 heteroatoms. The summed E-state index contributed by atoms with van der Waals surface area (Å²) < 4.78 is 16.8. The third-order valence-corrected chi connectivity index (χ3v) is 5.21. The molecule has 7 nitrogen and oxygen atoms in total. The number of likely N-dealkylation sites (N-methyl/N-ethyl adjacent to an activating group) is 1. The van der Waals surface area contributed by atoms with Crippen LogP contribution in [0.4, 0.5) is 0 Å². The van der Waals surface area contributed by atoms with Crippen molar-refractivity contribution < 1.29 is 14.2 Å². The van der Waals surface area contributed by atoms with Crippen LogP contribution in [0.1, 0.15) is 37.7 Å². The van der Waals surface area contributed by atoms with Gasteiger partial charge < -0.3 is 29.7 Å². The first kappa shape index (κ1) is 26.8. The molecule has 0 spiro atoms. The van der Waals surface area contributed by atoms with E-state index < -0.39 is 0 Å². The molecule has 30 heavy (non-hydrogen) atoms. The largest absolute Gasteiger partial charge is 0.497 e. The van der Waals surface area contributed by atoms with Crippen LogP contribution in [0.2, 0.25) is 0 Å². The van der Waals surface area contributed by atoms with Crippen molar-refractivity contribution >= 4 is 29.9 Å². The molecule has 0 unspecified atom stereocenters. The van der Waals surface area contributed by atoms with Crippen molar-refractivity contribution in [1.29, 1.82) is 0 Å². The van der Waals surface area contributed by atoms with Crippen molar-refractivity contribution in [3.05, 3.63) is 23.8 Å². The maximum absolute atomic E-state index is 6.28.